The van der Waals surface area contributed by atoms with Gasteiger partial charge in [0.2, 0.25) is 0 Å². The summed E-state index contributed by atoms with van der Waals surface area (Å²) in [6.45, 7) is 4.04. The SMILES string of the molecule is CCOC(=O)N(CCN)C(=O)Nc1ccccc1C. The molecule has 0 aliphatic carbocycles. The van der Waals surface area contributed by atoms with E-state index in [4.69, 9.17) is 10.5 Å². The van der Waals surface area contributed by atoms with Gasteiger partial charge in [0.1, 0.15) is 0 Å². The zero-order valence-electron chi connectivity index (χ0n) is 11.2. The Balaban J connectivity index is 2.77. The predicted molar refractivity (Wildman–Crippen MR) is 73.0 cm³/mol. The number of hydrogen-bond donors (Lipinski definition) is 2. The van der Waals surface area contributed by atoms with Crippen molar-refractivity contribution < 1.29 is 14.3 Å². The molecule has 3 N–H and O–H groups in total. The topological polar surface area (TPSA) is 84.7 Å². The quantitative estimate of drug-likeness (QED) is 0.871. The molecule has 1 rings (SSSR count). The highest BCUT2D eigenvalue weighted by Gasteiger charge is 2.22. The first-order valence-corrected chi connectivity index (χ1v) is 6.11. The van der Waals surface area contributed by atoms with Crippen molar-refractivity contribution in [2.24, 2.45) is 5.73 Å². The summed E-state index contributed by atoms with van der Waals surface area (Å²) >= 11 is 0. The number of amides is 3. The van der Waals surface area contributed by atoms with Crippen molar-refractivity contribution in [2.75, 3.05) is 25.0 Å². The van der Waals surface area contributed by atoms with E-state index in [0.717, 1.165) is 10.5 Å². The number of anilines is 1. The molecule has 19 heavy (non-hydrogen) atoms. The molecule has 0 aromatic heterocycles. The minimum atomic E-state index is -0.695. The number of nitrogens with two attached hydrogens (primary N) is 1. The number of nitrogens with one attached hydrogen (secondary N) is 1. The fourth-order valence-electron chi connectivity index (χ4n) is 1.50. The number of hydrogen-bond acceptors (Lipinski definition) is 4. The maximum Gasteiger partial charge on any atom is 0.418 e. The molecule has 0 spiro atoms. The number of imide groups is 1. The molecule has 3 amide bonds. The van der Waals surface area contributed by atoms with Gasteiger partial charge >= 0.3 is 12.1 Å². The molecule has 0 atom stereocenters. The molecule has 0 bridgehead atoms. The van der Waals surface area contributed by atoms with Gasteiger partial charge in [-0.1, -0.05) is 18.2 Å². The highest BCUT2D eigenvalue weighted by Crippen LogP contribution is 2.14. The Morgan fingerprint density at radius 1 is 1.37 bits per heavy atom. The largest absolute Gasteiger partial charge is 0.449 e. The first kappa shape index (κ1) is 15.0. The lowest BCUT2D eigenvalue weighted by atomic mass is 10.2. The van der Waals surface area contributed by atoms with Crippen molar-refractivity contribution in [1.82, 2.24) is 4.90 Å². The van der Waals surface area contributed by atoms with E-state index in [2.05, 4.69) is 5.32 Å². The number of para-hydroxylation sites is 1. The van der Waals surface area contributed by atoms with Gasteiger partial charge in [0.05, 0.1) is 6.61 Å². The molecule has 6 nitrogen and oxygen atoms in total. The van der Waals surface area contributed by atoms with Gasteiger partial charge in [-0.25, -0.2) is 14.5 Å². The highest BCUT2D eigenvalue weighted by atomic mass is 16.6. The van der Waals surface area contributed by atoms with E-state index >= 15 is 0 Å². The third-order valence-electron chi connectivity index (χ3n) is 2.47. The lowest BCUT2D eigenvalue weighted by Crippen LogP contribution is -2.43. The molecular formula is C13H19N3O3. The van der Waals surface area contributed by atoms with E-state index in [-0.39, 0.29) is 19.7 Å². The summed E-state index contributed by atoms with van der Waals surface area (Å²) in [7, 11) is 0. The number of carbonyl (C=O) groups excluding carboxylic acids is 2. The number of carbonyl (C=O) groups is 2. The van der Waals surface area contributed by atoms with Crippen LogP contribution in [0.2, 0.25) is 0 Å². The number of rotatable bonds is 4. The monoisotopic (exact) mass is 265 g/mol. The van der Waals surface area contributed by atoms with Gasteiger partial charge in [-0.2, -0.15) is 0 Å². The van der Waals surface area contributed by atoms with Gasteiger partial charge in [0.15, 0.2) is 0 Å². The molecule has 1 aromatic carbocycles. The van der Waals surface area contributed by atoms with Crippen molar-refractivity contribution in [3.8, 4) is 0 Å². The average molecular weight is 265 g/mol. The number of nitrogens with zero attached hydrogens (tertiary/aromatic N) is 1. The van der Waals surface area contributed by atoms with Crippen molar-refractivity contribution in [3.63, 3.8) is 0 Å². The average Bonchev–Trinajstić information content (AvgIpc) is 2.38. The van der Waals surface area contributed by atoms with Gasteiger partial charge in [-0.15, -0.1) is 0 Å². The lowest BCUT2D eigenvalue weighted by Gasteiger charge is -2.20. The van der Waals surface area contributed by atoms with Crippen LogP contribution in [0.4, 0.5) is 15.3 Å². The molecular weight excluding hydrogens is 246 g/mol. The fourth-order valence-corrected chi connectivity index (χ4v) is 1.50. The second kappa shape index (κ2) is 7.38. The summed E-state index contributed by atoms with van der Waals surface area (Å²) in [4.78, 5) is 24.6. The first-order valence-electron chi connectivity index (χ1n) is 6.11. The summed E-state index contributed by atoms with van der Waals surface area (Å²) in [5.41, 5.74) is 6.96. The summed E-state index contributed by atoms with van der Waals surface area (Å²) in [6.07, 6.45) is -0.695. The van der Waals surface area contributed by atoms with Crippen LogP contribution in [0.5, 0.6) is 0 Å². The molecule has 0 heterocycles. The Bertz CT molecular complexity index is 449. The zero-order chi connectivity index (χ0) is 14.3. The van der Waals surface area contributed by atoms with Gasteiger partial charge in [0.25, 0.3) is 0 Å². The van der Waals surface area contributed by atoms with Gasteiger partial charge in [-0.05, 0) is 25.5 Å². The van der Waals surface area contributed by atoms with Crippen molar-refractivity contribution in [3.05, 3.63) is 29.8 Å². The number of aryl methyl sites for hydroxylation is 1. The zero-order valence-corrected chi connectivity index (χ0v) is 11.2. The third kappa shape index (κ3) is 4.26. The smallest absolute Gasteiger partial charge is 0.418 e. The van der Waals surface area contributed by atoms with Crippen LogP contribution in [-0.4, -0.2) is 36.7 Å². The van der Waals surface area contributed by atoms with E-state index in [1.165, 1.54) is 0 Å². The number of ether oxygens (including phenoxy) is 1. The van der Waals surface area contributed by atoms with E-state index < -0.39 is 12.1 Å². The van der Waals surface area contributed by atoms with Crippen LogP contribution >= 0.6 is 0 Å². The molecule has 0 unspecified atom stereocenters. The van der Waals surface area contributed by atoms with Crippen LogP contribution in [-0.2, 0) is 4.74 Å². The Labute approximate surface area is 112 Å². The molecule has 0 saturated heterocycles. The van der Waals surface area contributed by atoms with Crippen molar-refractivity contribution in [1.29, 1.82) is 0 Å². The minimum Gasteiger partial charge on any atom is -0.449 e. The summed E-state index contributed by atoms with van der Waals surface area (Å²) < 4.78 is 4.82. The normalized spacial score (nSPS) is 9.84. The second-order valence-corrected chi connectivity index (χ2v) is 3.88. The third-order valence-corrected chi connectivity index (χ3v) is 2.47. The van der Waals surface area contributed by atoms with Gasteiger partial charge in [-0.3, -0.25) is 0 Å². The van der Waals surface area contributed by atoms with E-state index in [0.29, 0.717) is 5.69 Å². The Morgan fingerprint density at radius 2 is 2.05 bits per heavy atom. The maximum atomic E-state index is 12.0. The first-order chi connectivity index (χ1) is 9.10. The molecule has 0 fully saturated rings. The van der Waals surface area contributed by atoms with Crippen LogP contribution in [0.1, 0.15) is 12.5 Å². The van der Waals surface area contributed by atoms with E-state index in [9.17, 15) is 9.59 Å². The predicted octanol–water partition coefficient (Wildman–Crippen LogP) is 1.94. The standard InChI is InChI=1S/C13H19N3O3/c1-3-19-13(18)16(9-8-14)12(17)15-11-7-5-4-6-10(11)2/h4-7H,3,8-9,14H2,1-2H3,(H,15,17). The van der Waals surface area contributed by atoms with Gasteiger partial charge < -0.3 is 15.8 Å². The molecule has 0 radical (unpaired) electrons. The second-order valence-electron chi connectivity index (χ2n) is 3.88. The van der Waals surface area contributed by atoms with Crippen molar-refractivity contribution in [2.45, 2.75) is 13.8 Å². The van der Waals surface area contributed by atoms with Crippen LogP contribution in [0, 0.1) is 6.92 Å². The summed E-state index contributed by atoms with van der Waals surface area (Å²) in [6, 6.07) is 6.76. The van der Waals surface area contributed by atoms with Crippen molar-refractivity contribution >= 4 is 17.8 Å². The summed E-state index contributed by atoms with van der Waals surface area (Å²) in [5, 5.41) is 2.67. The number of benzene rings is 1. The maximum absolute atomic E-state index is 12.0. The van der Waals surface area contributed by atoms with E-state index in [1.807, 2.05) is 19.1 Å². The van der Waals surface area contributed by atoms with Gasteiger partial charge in [0, 0.05) is 18.8 Å². The molecule has 6 heteroatoms. The van der Waals surface area contributed by atoms with Crippen LogP contribution in [0.3, 0.4) is 0 Å². The summed E-state index contributed by atoms with van der Waals surface area (Å²) in [5.74, 6) is 0. The minimum absolute atomic E-state index is 0.108. The fraction of sp³-hybridized carbons (Fsp3) is 0.385. The number of urea groups is 1. The molecule has 0 aliphatic rings. The molecule has 0 aliphatic heterocycles. The van der Waals surface area contributed by atoms with Crippen LogP contribution in [0.15, 0.2) is 24.3 Å². The van der Waals surface area contributed by atoms with Crippen LogP contribution < -0.4 is 11.1 Å². The molecule has 1 aromatic rings. The Kier molecular flexibility index (Phi) is 5.81. The van der Waals surface area contributed by atoms with Crippen LogP contribution in [0.25, 0.3) is 0 Å². The highest BCUT2D eigenvalue weighted by molar-refractivity contribution is 5.99. The molecule has 0 saturated carbocycles. The molecule has 104 valence electrons. The Morgan fingerprint density at radius 3 is 2.63 bits per heavy atom. The van der Waals surface area contributed by atoms with E-state index in [1.54, 1.807) is 19.1 Å². The Hall–Kier alpha value is -2.08. The lowest BCUT2D eigenvalue weighted by molar-refractivity contribution is 0.118.